The molecule has 0 radical (unpaired) electrons. The molecule has 258 valence electrons. The van der Waals surface area contributed by atoms with Crippen LogP contribution in [0.2, 0.25) is 0 Å². The lowest BCUT2D eigenvalue weighted by Gasteiger charge is -2.28. The number of fused-ring (bicyclic) bond motifs is 8. The first-order valence-electron chi connectivity index (χ1n) is 18.7. The van der Waals surface area contributed by atoms with Crippen LogP contribution < -0.4 is 4.90 Å². The highest BCUT2D eigenvalue weighted by atomic mass is 32.1. The molecule has 0 bridgehead atoms. The predicted molar refractivity (Wildman–Crippen MR) is 241 cm³/mol. The van der Waals surface area contributed by atoms with Gasteiger partial charge in [0, 0.05) is 57.3 Å². The van der Waals surface area contributed by atoms with Crippen molar-refractivity contribution in [3.8, 4) is 33.4 Å². The maximum Gasteiger partial charge on any atom is 0.0540 e. The van der Waals surface area contributed by atoms with E-state index in [0.717, 1.165) is 17.1 Å². The van der Waals surface area contributed by atoms with Crippen LogP contribution in [0.3, 0.4) is 0 Å². The number of hydrogen-bond donors (Lipinski definition) is 0. The van der Waals surface area contributed by atoms with Crippen molar-refractivity contribution >= 4 is 90.9 Å². The zero-order valence-corrected chi connectivity index (χ0v) is 31.4. The van der Waals surface area contributed by atoms with Gasteiger partial charge in [0.15, 0.2) is 0 Å². The van der Waals surface area contributed by atoms with E-state index in [4.69, 9.17) is 0 Å². The maximum absolute atomic E-state index is 2.40. The average Bonchev–Trinajstić information content (AvgIpc) is 3.84. The van der Waals surface area contributed by atoms with Gasteiger partial charge in [-0.25, -0.2) is 0 Å². The van der Waals surface area contributed by atoms with Crippen LogP contribution in [0.4, 0.5) is 17.1 Å². The van der Waals surface area contributed by atoms with E-state index in [2.05, 4.69) is 205 Å². The van der Waals surface area contributed by atoms with Gasteiger partial charge in [0.25, 0.3) is 0 Å². The lowest BCUT2D eigenvalue weighted by atomic mass is 9.97. The summed E-state index contributed by atoms with van der Waals surface area (Å²) >= 11 is 3.75. The fourth-order valence-electron chi connectivity index (χ4n) is 8.26. The van der Waals surface area contributed by atoms with E-state index in [1.54, 1.807) is 0 Å². The number of rotatable bonds is 6. The van der Waals surface area contributed by atoms with Gasteiger partial charge in [-0.1, -0.05) is 146 Å². The Kier molecular flexibility index (Phi) is 7.61. The molecule has 11 aromatic rings. The third kappa shape index (κ3) is 5.43. The van der Waals surface area contributed by atoms with Gasteiger partial charge in [-0.2, -0.15) is 0 Å². The van der Waals surface area contributed by atoms with E-state index in [9.17, 15) is 0 Å². The summed E-state index contributed by atoms with van der Waals surface area (Å²) in [6.45, 7) is 0. The normalized spacial score (nSPS) is 11.6. The molecule has 55 heavy (non-hydrogen) atoms. The molecule has 0 amide bonds. The summed E-state index contributed by atoms with van der Waals surface area (Å²) in [7, 11) is 0. The predicted octanol–water partition coefficient (Wildman–Crippen LogP) is 16.0. The van der Waals surface area contributed by atoms with Crippen molar-refractivity contribution in [1.82, 2.24) is 0 Å². The molecule has 3 heteroatoms. The van der Waals surface area contributed by atoms with E-state index >= 15 is 0 Å². The van der Waals surface area contributed by atoms with Crippen LogP contribution in [-0.2, 0) is 0 Å². The fourth-order valence-corrected chi connectivity index (χ4v) is 10.6. The van der Waals surface area contributed by atoms with Crippen molar-refractivity contribution in [2.75, 3.05) is 4.90 Å². The Hall–Kier alpha value is -6.52. The number of nitrogens with zero attached hydrogens (tertiary/aromatic N) is 1. The van der Waals surface area contributed by atoms with E-state index in [0.29, 0.717) is 0 Å². The first kappa shape index (κ1) is 32.0. The van der Waals surface area contributed by atoms with Gasteiger partial charge in [0.1, 0.15) is 0 Å². The van der Waals surface area contributed by atoms with Gasteiger partial charge < -0.3 is 4.90 Å². The molecular weight excluding hydrogens is 703 g/mol. The summed E-state index contributed by atoms with van der Waals surface area (Å²) in [6.07, 6.45) is 0. The molecule has 0 fully saturated rings. The molecule has 2 aromatic heterocycles. The SMILES string of the molecule is c1ccc(-c2ccccc2N(c2ccc(-c3ccc4c(ccc5sc6ccccc6c54)c3)cc2)c2ccc(-c3cccc4c3sc3ccccc34)cc2)cc1. The van der Waals surface area contributed by atoms with E-state index in [-0.39, 0.29) is 0 Å². The molecule has 9 aromatic carbocycles. The lowest BCUT2D eigenvalue weighted by Crippen LogP contribution is -2.11. The second-order valence-electron chi connectivity index (χ2n) is 14.1. The van der Waals surface area contributed by atoms with E-state index < -0.39 is 0 Å². The lowest BCUT2D eigenvalue weighted by molar-refractivity contribution is 1.28. The van der Waals surface area contributed by atoms with Crippen molar-refractivity contribution < 1.29 is 0 Å². The van der Waals surface area contributed by atoms with E-state index in [1.807, 2.05) is 22.7 Å². The van der Waals surface area contributed by atoms with Gasteiger partial charge in [0.05, 0.1) is 5.69 Å². The van der Waals surface area contributed by atoms with Crippen LogP contribution in [-0.4, -0.2) is 0 Å². The second-order valence-corrected chi connectivity index (χ2v) is 16.2. The Morgan fingerprint density at radius 1 is 0.327 bits per heavy atom. The Morgan fingerprint density at radius 2 is 0.927 bits per heavy atom. The molecule has 0 saturated heterocycles. The number of para-hydroxylation sites is 1. The van der Waals surface area contributed by atoms with Crippen molar-refractivity contribution in [1.29, 1.82) is 0 Å². The highest BCUT2D eigenvalue weighted by Gasteiger charge is 2.18. The van der Waals surface area contributed by atoms with Gasteiger partial charge in [-0.3, -0.25) is 0 Å². The van der Waals surface area contributed by atoms with Crippen molar-refractivity contribution in [2.45, 2.75) is 0 Å². The average molecular weight is 736 g/mol. The zero-order valence-electron chi connectivity index (χ0n) is 29.8. The summed E-state index contributed by atoms with van der Waals surface area (Å²) in [6, 6.07) is 73.3. The summed E-state index contributed by atoms with van der Waals surface area (Å²) in [4.78, 5) is 2.40. The zero-order chi connectivity index (χ0) is 36.3. The smallest absolute Gasteiger partial charge is 0.0540 e. The minimum atomic E-state index is 1.11. The number of anilines is 3. The molecule has 2 heterocycles. The topological polar surface area (TPSA) is 3.24 Å². The van der Waals surface area contributed by atoms with Crippen LogP contribution >= 0.6 is 22.7 Å². The molecule has 11 rings (SSSR count). The third-order valence-corrected chi connectivity index (χ3v) is 13.2. The highest BCUT2D eigenvalue weighted by molar-refractivity contribution is 7.26. The standard InChI is InChI=1S/C52H33NS2/c1-2-11-35(12-3-1)41-13-4-7-18-47(41)53(40-29-23-36(24-30-40)43-16-10-17-45-44-14-5-8-19-48(44)55-52(43)45)39-27-21-34(22-28-39)37-25-31-42-38(33-37)26-32-50-51(42)46-15-6-9-20-49(46)54-50/h1-33H. The first-order chi connectivity index (χ1) is 27.3. The number of thiophene rings is 2. The van der Waals surface area contributed by atoms with Crippen LogP contribution in [0.1, 0.15) is 0 Å². The van der Waals surface area contributed by atoms with Gasteiger partial charge in [-0.15, -0.1) is 22.7 Å². The van der Waals surface area contributed by atoms with Crippen LogP contribution in [0.25, 0.3) is 84.5 Å². The maximum atomic E-state index is 2.40. The van der Waals surface area contributed by atoms with Gasteiger partial charge >= 0.3 is 0 Å². The summed E-state index contributed by atoms with van der Waals surface area (Å²) in [5.74, 6) is 0. The second kappa shape index (κ2) is 13.1. The van der Waals surface area contributed by atoms with Gasteiger partial charge in [0.2, 0.25) is 0 Å². The number of benzene rings is 9. The van der Waals surface area contributed by atoms with Crippen LogP contribution in [0, 0.1) is 0 Å². The van der Waals surface area contributed by atoms with Crippen molar-refractivity contribution in [3.05, 3.63) is 200 Å². The van der Waals surface area contributed by atoms with Crippen molar-refractivity contribution in [2.24, 2.45) is 0 Å². The molecule has 0 unspecified atom stereocenters. The monoisotopic (exact) mass is 735 g/mol. The molecule has 0 aliphatic carbocycles. The van der Waals surface area contributed by atoms with E-state index in [1.165, 1.54) is 84.5 Å². The summed E-state index contributed by atoms with van der Waals surface area (Å²) < 4.78 is 5.34. The molecule has 1 nitrogen and oxygen atoms in total. The largest absolute Gasteiger partial charge is 0.310 e. The molecule has 0 N–H and O–H groups in total. The summed E-state index contributed by atoms with van der Waals surface area (Å²) in [5, 5.41) is 7.92. The van der Waals surface area contributed by atoms with Crippen LogP contribution in [0.15, 0.2) is 200 Å². The number of hydrogen-bond acceptors (Lipinski definition) is 3. The Morgan fingerprint density at radius 3 is 1.73 bits per heavy atom. The molecular formula is C52H33NS2. The fraction of sp³-hybridized carbons (Fsp3) is 0. The molecule has 0 saturated carbocycles. The first-order valence-corrected chi connectivity index (χ1v) is 20.3. The van der Waals surface area contributed by atoms with Crippen molar-refractivity contribution in [3.63, 3.8) is 0 Å². The Balaban J connectivity index is 1.01. The quantitative estimate of drug-likeness (QED) is 0.164. The minimum absolute atomic E-state index is 1.11. The Labute approximate surface area is 327 Å². The molecule has 0 aliphatic heterocycles. The molecule has 0 aliphatic rings. The van der Waals surface area contributed by atoms with Gasteiger partial charge in [-0.05, 0) is 93.2 Å². The highest BCUT2D eigenvalue weighted by Crippen LogP contribution is 2.44. The molecule has 0 atom stereocenters. The van der Waals surface area contributed by atoms with Crippen LogP contribution in [0.5, 0.6) is 0 Å². The Bertz CT molecular complexity index is 3190. The summed E-state index contributed by atoms with van der Waals surface area (Å²) in [5.41, 5.74) is 10.6. The molecule has 0 spiro atoms. The minimum Gasteiger partial charge on any atom is -0.310 e. The third-order valence-electron chi connectivity index (χ3n) is 10.9.